The molecule has 1 aromatic carbocycles. The Hall–Kier alpha value is -2.21. The summed E-state index contributed by atoms with van der Waals surface area (Å²) in [5, 5.41) is 2.42. The van der Waals surface area contributed by atoms with Gasteiger partial charge in [-0.05, 0) is 24.3 Å². The van der Waals surface area contributed by atoms with Gasteiger partial charge in [0, 0.05) is 11.2 Å². The molecule has 0 saturated carbocycles. The van der Waals surface area contributed by atoms with Crippen molar-refractivity contribution in [3.63, 3.8) is 0 Å². The third-order valence-corrected chi connectivity index (χ3v) is 2.58. The lowest BCUT2D eigenvalue weighted by Crippen LogP contribution is -2.16. The first-order valence-electron chi connectivity index (χ1n) is 5.15. The van der Waals surface area contributed by atoms with Gasteiger partial charge in [0.2, 0.25) is 0 Å². The van der Waals surface area contributed by atoms with E-state index in [4.69, 9.17) is 17.3 Å². The molecule has 0 bridgehead atoms. The predicted molar refractivity (Wildman–Crippen MR) is 68.0 cm³/mol. The highest BCUT2D eigenvalue weighted by atomic mass is 35.5. The largest absolute Gasteiger partial charge is 0.381 e. The van der Waals surface area contributed by atoms with Gasteiger partial charge in [0.25, 0.3) is 5.91 Å². The van der Waals surface area contributed by atoms with Crippen LogP contribution < -0.4 is 11.1 Å². The molecule has 0 aliphatic carbocycles. The molecule has 0 spiro atoms. The van der Waals surface area contributed by atoms with Crippen LogP contribution in [-0.4, -0.2) is 10.9 Å². The normalized spacial score (nSPS) is 10.3. The highest BCUT2D eigenvalue weighted by Crippen LogP contribution is 2.20. The lowest BCUT2D eigenvalue weighted by Gasteiger charge is -2.08. The summed E-state index contributed by atoms with van der Waals surface area (Å²) in [5.41, 5.74) is 4.82. The summed E-state index contributed by atoms with van der Waals surface area (Å²) in [4.78, 5) is 15.3. The molecule has 0 aliphatic heterocycles. The summed E-state index contributed by atoms with van der Waals surface area (Å²) < 4.78 is 27.0. The molecule has 4 nitrogen and oxygen atoms in total. The van der Waals surface area contributed by atoms with Crippen molar-refractivity contribution in [1.82, 2.24) is 4.98 Å². The summed E-state index contributed by atoms with van der Waals surface area (Å²) in [7, 11) is 0. The number of hydrogen-bond donors (Lipinski definition) is 2. The third-order valence-electron chi connectivity index (χ3n) is 2.34. The SMILES string of the molecule is Nc1nccc(C(=O)Nc2ccc(Cl)cc2F)c1F. The Kier molecular flexibility index (Phi) is 3.62. The summed E-state index contributed by atoms with van der Waals surface area (Å²) in [6, 6.07) is 4.86. The Morgan fingerprint density at radius 1 is 1.32 bits per heavy atom. The van der Waals surface area contributed by atoms with Crippen LogP contribution >= 0.6 is 11.6 Å². The van der Waals surface area contributed by atoms with Crippen molar-refractivity contribution in [2.45, 2.75) is 0 Å². The van der Waals surface area contributed by atoms with E-state index in [-0.39, 0.29) is 16.3 Å². The van der Waals surface area contributed by atoms with E-state index >= 15 is 0 Å². The maximum atomic E-state index is 13.6. The average molecular weight is 284 g/mol. The number of carbonyl (C=O) groups excluding carboxylic acids is 1. The van der Waals surface area contributed by atoms with Crippen molar-refractivity contribution in [3.05, 3.63) is 52.7 Å². The van der Waals surface area contributed by atoms with Crippen molar-refractivity contribution in [3.8, 4) is 0 Å². The van der Waals surface area contributed by atoms with Gasteiger partial charge in [0.15, 0.2) is 11.6 Å². The molecule has 0 saturated heterocycles. The van der Waals surface area contributed by atoms with E-state index in [1.54, 1.807) is 0 Å². The Labute approximate surface area is 112 Å². The summed E-state index contributed by atoms with van der Waals surface area (Å²) in [6.45, 7) is 0. The van der Waals surface area contributed by atoms with Crippen LogP contribution in [0.3, 0.4) is 0 Å². The van der Waals surface area contributed by atoms with E-state index in [0.717, 1.165) is 12.1 Å². The Bertz CT molecular complexity index is 649. The first-order chi connectivity index (χ1) is 8.99. The van der Waals surface area contributed by atoms with E-state index in [1.165, 1.54) is 18.3 Å². The molecular weight excluding hydrogens is 276 g/mol. The molecule has 2 aromatic rings. The van der Waals surface area contributed by atoms with Crippen molar-refractivity contribution in [2.75, 3.05) is 11.1 Å². The molecule has 0 unspecified atom stereocenters. The number of nitrogens with one attached hydrogen (secondary N) is 1. The smallest absolute Gasteiger partial charge is 0.258 e. The number of nitrogens with two attached hydrogens (primary N) is 1. The van der Waals surface area contributed by atoms with Gasteiger partial charge in [-0.3, -0.25) is 4.79 Å². The molecule has 0 fully saturated rings. The van der Waals surface area contributed by atoms with Crippen LogP contribution in [0.2, 0.25) is 5.02 Å². The number of nitrogen functional groups attached to an aromatic ring is 1. The van der Waals surface area contributed by atoms with Gasteiger partial charge >= 0.3 is 0 Å². The van der Waals surface area contributed by atoms with E-state index in [0.29, 0.717) is 0 Å². The van der Waals surface area contributed by atoms with Crippen LogP contribution in [0.1, 0.15) is 10.4 Å². The minimum Gasteiger partial charge on any atom is -0.381 e. The van der Waals surface area contributed by atoms with Gasteiger partial charge < -0.3 is 11.1 Å². The number of aromatic nitrogens is 1. The van der Waals surface area contributed by atoms with Gasteiger partial charge in [-0.25, -0.2) is 13.8 Å². The number of halogens is 3. The van der Waals surface area contributed by atoms with Crippen LogP contribution in [0, 0.1) is 11.6 Å². The number of nitrogens with zero attached hydrogens (tertiary/aromatic N) is 1. The number of amides is 1. The van der Waals surface area contributed by atoms with Crippen LogP contribution in [0.5, 0.6) is 0 Å². The third kappa shape index (κ3) is 2.79. The van der Waals surface area contributed by atoms with Gasteiger partial charge in [-0.2, -0.15) is 0 Å². The van der Waals surface area contributed by atoms with E-state index in [2.05, 4.69) is 10.3 Å². The van der Waals surface area contributed by atoms with Crippen molar-refractivity contribution in [2.24, 2.45) is 0 Å². The van der Waals surface area contributed by atoms with Crippen LogP contribution in [0.4, 0.5) is 20.3 Å². The number of benzene rings is 1. The highest BCUT2D eigenvalue weighted by molar-refractivity contribution is 6.30. The topological polar surface area (TPSA) is 68.0 Å². The lowest BCUT2D eigenvalue weighted by molar-refractivity contribution is 0.102. The minimum atomic E-state index is -0.950. The Morgan fingerprint density at radius 2 is 2.05 bits per heavy atom. The first-order valence-corrected chi connectivity index (χ1v) is 5.53. The highest BCUT2D eigenvalue weighted by Gasteiger charge is 2.16. The lowest BCUT2D eigenvalue weighted by atomic mass is 10.2. The molecule has 0 aliphatic rings. The second-order valence-corrected chi connectivity index (χ2v) is 4.07. The monoisotopic (exact) mass is 283 g/mol. The van der Waals surface area contributed by atoms with Crippen LogP contribution in [-0.2, 0) is 0 Å². The van der Waals surface area contributed by atoms with Gasteiger partial charge in [0.1, 0.15) is 5.82 Å². The fraction of sp³-hybridized carbons (Fsp3) is 0. The maximum absolute atomic E-state index is 13.6. The zero-order chi connectivity index (χ0) is 14.0. The fourth-order valence-electron chi connectivity index (χ4n) is 1.42. The first kappa shape index (κ1) is 13.2. The van der Waals surface area contributed by atoms with Crippen molar-refractivity contribution in [1.29, 1.82) is 0 Å². The van der Waals surface area contributed by atoms with Crippen LogP contribution in [0.15, 0.2) is 30.5 Å². The van der Waals surface area contributed by atoms with Gasteiger partial charge in [-0.1, -0.05) is 11.6 Å². The number of hydrogen-bond acceptors (Lipinski definition) is 3. The summed E-state index contributed by atoms with van der Waals surface area (Å²) in [5.74, 6) is -2.89. The van der Waals surface area contributed by atoms with Crippen molar-refractivity contribution >= 4 is 29.0 Å². The Balaban J connectivity index is 2.28. The number of anilines is 2. The zero-order valence-electron chi connectivity index (χ0n) is 9.45. The number of rotatable bonds is 2. The van der Waals surface area contributed by atoms with Crippen molar-refractivity contribution < 1.29 is 13.6 Å². The quantitative estimate of drug-likeness (QED) is 0.890. The predicted octanol–water partition coefficient (Wildman–Crippen LogP) is 2.85. The second-order valence-electron chi connectivity index (χ2n) is 3.64. The minimum absolute atomic E-state index is 0.107. The molecule has 2 rings (SSSR count). The molecule has 98 valence electrons. The zero-order valence-corrected chi connectivity index (χ0v) is 10.2. The van der Waals surface area contributed by atoms with Gasteiger partial charge in [0.05, 0.1) is 11.3 Å². The summed E-state index contributed by atoms with van der Waals surface area (Å²) >= 11 is 5.58. The average Bonchev–Trinajstić information content (AvgIpc) is 2.36. The standard InChI is InChI=1S/C12H8ClF2N3O/c13-6-1-2-9(8(14)5-6)18-12(19)7-3-4-17-11(16)10(7)15/h1-5H,(H2,16,17)(H,18,19). The molecule has 0 atom stereocenters. The van der Waals surface area contributed by atoms with Crippen LogP contribution in [0.25, 0.3) is 0 Å². The number of pyridine rings is 1. The van der Waals surface area contributed by atoms with E-state index in [1.807, 2.05) is 0 Å². The Morgan fingerprint density at radius 3 is 2.74 bits per heavy atom. The van der Waals surface area contributed by atoms with Gasteiger partial charge in [-0.15, -0.1) is 0 Å². The molecular formula is C12H8ClF2N3O. The molecule has 0 radical (unpaired) electrons. The molecule has 7 heteroatoms. The van der Waals surface area contributed by atoms with E-state index < -0.39 is 23.4 Å². The molecule has 19 heavy (non-hydrogen) atoms. The molecule has 1 aromatic heterocycles. The molecule has 3 N–H and O–H groups in total. The van der Waals surface area contributed by atoms with E-state index in [9.17, 15) is 13.6 Å². The summed E-state index contributed by atoms with van der Waals surface area (Å²) in [6.07, 6.45) is 1.19. The molecule has 1 heterocycles. The number of carbonyl (C=O) groups is 1. The second kappa shape index (κ2) is 5.19. The fourth-order valence-corrected chi connectivity index (χ4v) is 1.57. The maximum Gasteiger partial charge on any atom is 0.258 e. The molecule has 1 amide bonds.